The number of fused-ring (bicyclic) bond motifs is 1. The lowest BCUT2D eigenvalue weighted by atomic mass is 10.1. The molecule has 0 bridgehead atoms. The summed E-state index contributed by atoms with van der Waals surface area (Å²) in [4.78, 5) is 33.6. The zero-order chi connectivity index (χ0) is 20.9. The van der Waals surface area contributed by atoms with Crippen LogP contribution in [0.15, 0.2) is 42.6 Å². The standard InChI is InChI=1S/C22H25N3O5/c1-28-9-8-24(15-17-4-2-3-7-23-17)22(27)16-12-21(26)25(14-16)18-5-6-19-20(13-18)30-11-10-29-19/h2-7,13,16H,8-12,14-15H2,1H3. The van der Waals surface area contributed by atoms with Gasteiger partial charge < -0.3 is 24.0 Å². The number of carbonyl (C=O) groups excluding carboxylic acids is 2. The molecule has 0 N–H and O–H groups in total. The number of amides is 2. The molecule has 2 aromatic rings. The van der Waals surface area contributed by atoms with Gasteiger partial charge in [0.25, 0.3) is 0 Å². The van der Waals surface area contributed by atoms with E-state index in [2.05, 4.69) is 4.98 Å². The highest BCUT2D eigenvalue weighted by atomic mass is 16.6. The molecule has 4 rings (SSSR count). The number of pyridine rings is 1. The van der Waals surface area contributed by atoms with Crippen molar-refractivity contribution in [2.24, 2.45) is 5.92 Å². The minimum absolute atomic E-state index is 0.0638. The van der Waals surface area contributed by atoms with Crippen molar-refractivity contribution < 1.29 is 23.8 Å². The van der Waals surface area contributed by atoms with Gasteiger partial charge >= 0.3 is 0 Å². The largest absolute Gasteiger partial charge is 0.486 e. The van der Waals surface area contributed by atoms with E-state index < -0.39 is 5.92 Å². The Labute approximate surface area is 175 Å². The minimum atomic E-state index is -0.411. The molecule has 2 aliphatic rings. The Hall–Kier alpha value is -3.13. The predicted molar refractivity (Wildman–Crippen MR) is 109 cm³/mol. The highest BCUT2D eigenvalue weighted by molar-refractivity contribution is 6.00. The summed E-state index contributed by atoms with van der Waals surface area (Å²) in [5, 5.41) is 0. The first kappa shape index (κ1) is 20.2. The van der Waals surface area contributed by atoms with E-state index in [9.17, 15) is 9.59 Å². The third-order valence-electron chi connectivity index (χ3n) is 5.27. The van der Waals surface area contributed by atoms with Crippen LogP contribution in [0, 0.1) is 5.92 Å². The van der Waals surface area contributed by atoms with Crippen molar-refractivity contribution in [3.8, 4) is 11.5 Å². The number of hydrogen-bond donors (Lipinski definition) is 0. The van der Waals surface area contributed by atoms with Crippen LogP contribution in [-0.2, 0) is 20.9 Å². The zero-order valence-corrected chi connectivity index (χ0v) is 17.0. The Kier molecular flexibility index (Phi) is 6.13. The van der Waals surface area contributed by atoms with E-state index in [0.29, 0.717) is 56.6 Å². The topological polar surface area (TPSA) is 81.2 Å². The van der Waals surface area contributed by atoms with Gasteiger partial charge in [-0.05, 0) is 24.3 Å². The fourth-order valence-corrected chi connectivity index (χ4v) is 3.74. The molecule has 0 aliphatic carbocycles. The van der Waals surface area contributed by atoms with E-state index in [1.807, 2.05) is 24.3 Å². The Morgan fingerprint density at radius 1 is 1.23 bits per heavy atom. The van der Waals surface area contributed by atoms with Crippen molar-refractivity contribution in [2.75, 3.05) is 44.9 Å². The van der Waals surface area contributed by atoms with Crippen molar-refractivity contribution in [1.82, 2.24) is 9.88 Å². The van der Waals surface area contributed by atoms with Crippen LogP contribution >= 0.6 is 0 Å². The maximum Gasteiger partial charge on any atom is 0.228 e. The summed E-state index contributed by atoms with van der Waals surface area (Å²) >= 11 is 0. The minimum Gasteiger partial charge on any atom is -0.486 e. The molecule has 0 spiro atoms. The molecule has 1 saturated heterocycles. The Morgan fingerprint density at radius 3 is 2.83 bits per heavy atom. The molecule has 30 heavy (non-hydrogen) atoms. The maximum absolute atomic E-state index is 13.2. The molecule has 1 unspecified atom stereocenters. The van der Waals surface area contributed by atoms with Crippen LogP contribution in [-0.4, -0.2) is 61.7 Å². The fraction of sp³-hybridized carbons (Fsp3) is 0.409. The van der Waals surface area contributed by atoms with Crippen LogP contribution in [0.3, 0.4) is 0 Å². The molecule has 8 heteroatoms. The van der Waals surface area contributed by atoms with Gasteiger partial charge in [0.1, 0.15) is 13.2 Å². The summed E-state index contributed by atoms with van der Waals surface area (Å²) < 4.78 is 16.3. The number of anilines is 1. The van der Waals surface area contributed by atoms with Gasteiger partial charge in [0.15, 0.2) is 11.5 Å². The first-order chi connectivity index (χ1) is 14.7. The third-order valence-corrected chi connectivity index (χ3v) is 5.27. The Bertz CT molecular complexity index is 905. The van der Waals surface area contributed by atoms with Crippen LogP contribution in [0.4, 0.5) is 5.69 Å². The summed E-state index contributed by atoms with van der Waals surface area (Å²) in [6.45, 7) is 2.58. The van der Waals surface area contributed by atoms with Crippen LogP contribution in [0.1, 0.15) is 12.1 Å². The van der Waals surface area contributed by atoms with Gasteiger partial charge in [0.05, 0.1) is 24.8 Å². The van der Waals surface area contributed by atoms with Gasteiger partial charge in [-0.3, -0.25) is 14.6 Å². The molecule has 0 radical (unpaired) electrons. The van der Waals surface area contributed by atoms with E-state index in [4.69, 9.17) is 14.2 Å². The molecule has 2 aliphatic heterocycles. The van der Waals surface area contributed by atoms with Crippen molar-refractivity contribution in [2.45, 2.75) is 13.0 Å². The molecule has 1 fully saturated rings. The second-order valence-electron chi connectivity index (χ2n) is 7.31. The van der Waals surface area contributed by atoms with E-state index in [0.717, 1.165) is 5.69 Å². The fourth-order valence-electron chi connectivity index (χ4n) is 3.74. The Morgan fingerprint density at radius 2 is 2.07 bits per heavy atom. The second-order valence-corrected chi connectivity index (χ2v) is 7.31. The lowest BCUT2D eigenvalue weighted by Gasteiger charge is -2.25. The number of nitrogens with zero attached hydrogens (tertiary/aromatic N) is 3. The molecule has 158 valence electrons. The third kappa shape index (κ3) is 4.38. The summed E-state index contributed by atoms with van der Waals surface area (Å²) in [6, 6.07) is 11.0. The summed E-state index contributed by atoms with van der Waals surface area (Å²) in [5.74, 6) is 0.746. The highest BCUT2D eigenvalue weighted by Crippen LogP contribution is 2.36. The van der Waals surface area contributed by atoms with Crippen molar-refractivity contribution in [1.29, 1.82) is 0 Å². The van der Waals surface area contributed by atoms with Gasteiger partial charge in [-0.25, -0.2) is 0 Å². The normalized spacial score (nSPS) is 17.8. The van der Waals surface area contributed by atoms with Gasteiger partial charge in [0, 0.05) is 44.6 Å². The lowest BCUT2D eigenvalue weighted by Crippen LogP contribution is -2.39. The number of rotatable bonds is 7. The van der Waals surface area contributed by atoms with Gasteiger partial charge in [-0.2, -0.15) is 0 Å². The summed E-state index contributed by atoms with van der Waals surface area (Å²) in [6.07, 6.45) is 1.88. The average Bonchev–Trinajstić information content (AvgIpc) is 3.18. The quantitative estimate of drug-likeness (QED) is 0.692. The zero-order valence-electron chi connectivity index (χ0n) is 17.0. The van der Waals surface area contributed by atoms with Gasteiger partial charge in [-0.15, -0.1) is 0 Å². The molecule has 1 aromatic carbocycles. The second kappa shape index (κ2) is 9.13. The van der Waals surface area contributed by atoms with E-state index in [1.54, 1.807) is 35.2 Å². The molecule has 0 saturated carbocycles. The molecular weight excluding hydrogens is 386 g/mol. The number of benzene rings is 1. The van der Waals surface area contributed by atoms with E-state index >= 15 is 0 Å². The van der Waals surface area contributed by atoms with Crippen molar-refractivity contribution >= 4 is 17.5 Å². The highest BCUT2D eigenvalue weighted by Gasteiger charge is 2.37. The molecule has 2 amide bonds. The van der Waals surface area contributed by atoms with Crippen LogP contribution in [0.2, 0.25) is 0 Å². The number of methoxy groups -OCH3 is 1. The number of ether oxygens (including phenoxy) is 3. The average molecular weight is 411 g/mol. The number of aromatic nitrogens is 1. The molecule has 1 atom stereocenters. The summed E-state index contributed by atoms with van der Waals surface area (Å²) in [5.41, 5.74) is 1.52. The van der Waals surface area contributed by atoms with Gasteiger partial charge in [0.2, 0.25) is 11.8 Å². The van der Waals surface area contributed by atoms with Crippen molar-refractivity contribution in [3.63, 3.8) is 0 Å². The number of carbonyl (C=O) groups is 2. The first-order valence-corrected chi connectivity index (χ1v) is 10.0. The maximum atomic E-state index is 13.2. The monoisotopic (exact) mass is 411 g/mol. The van der Waals surface area contributed by atoms with Crippen LogP contribution < -0.4 is 14.4 Å². The van der Waals surface area contributed by atoms with Crippen LogP contribution in [0.5, 0.6) is 11.5 Å². The van der Waals surface area contributed by atoms with E-state index in [-0.39, 0.29) is 18.2 Å². The summed E-state index contributed by atoms with van der Waals surface area (Å²) in [7, 11) is 1.60. The smallest absolute Gasteiger partial charge is 0.228 e. The molecular formula is C22H25N3O5. The van der Waals surface area contributed by atoms with E-state index in [1.165, 1.54) is 0 Å². The van der Waals surface area contributed by atoms with Gasteiger partial charge in [-0.1, -0.05) is 6.07 Å². The predicted octanol–water partition coefficient (Wildman–Crippen LogP) is 1.88. The Balaban J connectivity index is 1.47. The van der Waals surface area contributed by atoms with Crippen molar-refractivity contribution in [3.05, 3.63) is 48.3 Å². The molecule has 1 aromatic heterocycles. The molecule has 3 heterocycles. The van der Waals surface area contributed by atoms with Crippen LogP contribution in [0.25, 0.3) is 0 Å². The SMILES string of the molecule is COCCN(Cc1ccccn1)C(=O)C1CC(=O)N(c2ccc3c(c2)OCCO3)C1. The first-order valence-electron chi connectivity index (χ1n) is 10.0. The number of hydrogen-bond acceptors (Lipinski definition) is 6. The molecule has 8 nitrogen and oxygen atoms in total. The lowest BCUT2D eigenvalue weighted by molar-refractivity contribution is -0.137.